The molecule has 2 aromatic carbocycles. The number of nitrogens with two attached hydrogens (primary N) is 1. The normalized spacial score (nSPS) is 16.2. The lowest BCUT2D eigenvalue weighted by atomic mass is 9.99. The van der Waals surface area contributed by atoms with E-state index >= 15 is 0 Å². The van der Waals surface area contributed by atoms with E-state index in [1.165, 1.54) is 5.56 Å². The van der Waals surface area contributed by atoms with Gasteiger partial charge in [-0.3, -0.25) is 4.79 Å². The van der Waals surface area contributed by atoms with Crippen LogP contribution in [0.15, 0.2) is 60.8 Å². The zero-order valence-corrected chi connectivity index (χ0v) is 16.8. The molecule has 0 spiro atoms. The first-order valence-corrected chi connectivity index (χ1v) is 10.2. The van der Waals surface area contributed by atoms with Crippen molar-refractivity contribution in [1.29, 1.82) is 0 Å². The number of carbonyl (C=O) groups excluding carboxylic acids is 1. The molecule has 148 valence electrons. The predicted octanol–water partition coefficient (Wildman–Crippen LogP) is 4.68. The summed E-state index contributed by atoms with van der Waals surface area (Å²) in [6, 6.07) is 17.6. The number of nitrogens with zero attached hydrogens (tertiary/aromatic N) is 3. The third kappa shape index (κ3) is 4.40. The zero-order valence-electron chi connectivity index (χ0n) is 16.1. The summed E-state index contributed by atoms with van der Waals surface area (Å²) >= 11 is 6.04. The number of nitrogen functional groups attached to an aromatic ring is 1. The van der Waals surface area contributed by atoms with E-state index in [9.17, 15) is 4.79 Å². The van der Waals surface area contributed by atoms with Crippen LogP contribution in [-0.4, -0.2) is 27.3 Å². The van der Waals surface area contributed by atoms with E-state index in [4.69, 9.17) is 17.3 Å². The molecule has 1 atom stereocenters. The third-order valence-electron chi connectivity index (χ3n) is 5.35. The second kappa shape index (κ2) is 8.62. The molecule has 3 aromatic rings. The number of benzene rings is 2. The van der Waals surface area contributed by atoms with E-state index in [-0.39, 0.29) is 17.9 Å². The molecule has 1 aromatic heterocycles. The Bertz CT molecular complexity index is 992. The fraction of sp³-hybridized carbons (Fsp3) is 0.261. The molecule has 1 fully saturated rings. The van der Waals surface area contributed by atoms with Gasteiger partial charge in [-0.25, -0.2) is 9.97 Å². The Balaban J connectivity index is 1.59. The van der Waals surface area contributed by atoms with Crippen molar-refractivity contribution in [2.45, 2.75) is 31.7 Å². The monoisotopic (exact) mass is 406 g/mol. The van der Waals surface area contributed by atoms with Crippen LogP contribution in [0.4, 0.5) is 5.95 Å². The number of likely N-dealkylation sites (tertiary alicyclic amines) is 1. The van der Waals surface area contributed by atoms with E-state index < -0.39 is 0 Å². The standard InChI is InChI=1S/C23H23ClN4O/c24-18-11-9-17(10-12-18)19-15-26-23(25)27-22(19)20-7-4-14-28(20)21(29)13-8-16-5-2-1-3-6-16/h1-3,5-6,9-12,15,20H,4,7-8,13-14H2,(H2,25,26,27). The Morgan fingerprint density at radius 3 is 2.66 bits per heavy atom. The number of amides is 1. The smallest absolute Gasteiger partial charge is 0.223 e. The van der Waals surface area contributed by atoms with Crippen LogP contribution in [0, 0.1) is 0 Å². The number of carbonyl (C=O) groups is 1. The first kappa shape index (κ1) is 19.4. The fourth-order valence-corrected chi connectivity index (χ4v) is 4.03. The Labute approximate surface area is 175 Å². The number of rotatable bonds is 5. The molecule has 4 rings (SSSR count). The lowest BCUT2D eigenvalue weighted by Gasteiger charge is -2.26. The highest BCUT2D eigenvalue weighted by Crippen LogP contribution is 2.37. The van der Waals surface area contributed by atoms with Gasteiger partial charge in [-0.2, -0.15) is 0 Å². The van der Waals surface area contributed by atoms with Crippen molar-refractivity contribution < 1.29 is 4.79 Å². The molecule has 0 saturated carbocycles. The molecular formula is C23H23ClN4O. The van der Waals surface area contributed by atoms with Crippen molar-refractivity contribution in [1.82, 2.24) is 14.9 Å². The van der Waals surface area contributed by atoms with Crippen molar-refractivity contribution in [3.63, 3.8) is 0 Å². The maximum Gasteiger partial charge on any atom is 0.223 e. The minimum Gasteiger partial charge on any atom is -0.368 e. The van der Waals surface area contributed by atoms with Gasteiger partial charge in [0.2, 0.25) is 11.9 Å². The Kier molecular flexibility index (Phi) is 5.76. The topological polar surface area (TPSA) is 72.1 Å². The highest BCUT2D eigenvalue weighted by atomic mass is 35.5. The largest absolute Gasteiger partial charge is 0.368 e. The first-order valence-electron chi connectivity index (χ1n) is 9.83. The van der Waals surface area contributed by atoms with Crippen LogP contribution in [0.2, 0.25) is 5.02 Å². The van der Waals surface area contributed by atoms with Crippen LogP contribution in [-0.2, 0) is 11.2 Å². The van der Waals surface area contributed by atoms with E-state index in [0.717, 1.165) is 42.6 Å². The summed E-state index contributed by atoms with van der Waals surface area (Å²) in [4.78, 5) is 23.7. The maximum atomic E-state index is 13.0. The van der Waals surface area contributed by atoms with Gasteiger partial charge in [-0.15, -0.1) is 0 Å². The molecule has 0 aliphatic carbocycles. The average Bonchev–Trinajstić information content (AvgIpc) is 3.23. The second-order valence-electron chi connectivity index (χ2n) is 7.26. The van der Waals surface area contributed by atoms with Crippen molar-refractivity contribution in [2.75, 3.05) is 12.3 Å². The summed E-state index contributed by atoms with van der Waals surface area (Å²) < 4.78 is 0. The van der Waals surface area contributed by atoms with Crippen molar-refractivity contribution >= 4 is 23.5 Å². The number of aromatic nitrogens is 2. The van der Waals surface area contributed by atoms with Gasteiger partial charge < -0.3 is 10.6 Å². The lowest BCUT2D eigenvalue weighted by molar-refractivity contribution is -0.132. The summed E-state index contributed by atoms with van der Waals surface area (Å²) in [6.45, 7) is 0.738. The molecule has 2 N–H and O–H groups in total. The predicted molar refractivity (Wildman–Crippen MR) is 115 cm³/mol. The molecule has 1 unspecified atom stereocenters. The minimum absolute atomic E-state index is 0.0887. The van der Waals surface area contributed by atoms with Gasteiger partial charge in [-0.05, 0) is 42.5 Å². The van der Waals surface area contributed by atoms with Gasteiger partial charge in [0, 0.05) is 29.7 Å². The Morgan fingerprint density at radius 1 is 1.14 bits per heavy atom. The minimum atomic E-state index is -0.0887. The summed E-state index contributed by atoms with van der Waals surface area (Å²) in [5.74, 6) is 0.372. The van der Waals surface area contributed by atoms with Crippen molar-refractivity contribution in [3.05, 3.63) is 77.1 Å². The maximum absolute atomic E-state index is 13.0. The van der Waals surface area contributed by atoms with Gasteiger partial charge in [0.1, 0.15) is 0 Å². The van der Waals surface area contributed by atoms with Gasteiger partial charge in [-0.1, -0.05) is 54.1 Å². The fourth-order valence-electron chi connectivity index (χ4n) is 3.90. The van der Waals surface area contributed by atoms with E-state index in [1.54, 1.807) is 6.20 Å². The Morgan fingerprint density at radius 2 is 1.90 bits per heavy atom. The molecule has 29 heavy (non-hydrogen) atoms. The molecule has 1 aliphatic rings. The molecule has 1 aliphatic heterocycles. The zero-order chi connectivity index (χ0) is 20.2. The van der Waals surface area contributed by atoms with Crippen LogP contribution < -0.4 is 5.73 Å². The molecule has 6 heteroatoms. The number of hydrogen-bond donors (Lipinski definition) is 1. The lowest BCUT2D eigenvalue weighted by Crippen LogP contribution is -2.31. The van der Waals surface area contributed by atoms with Gasteiger partial charge in [0.15, 0.2) is 0 Å². The van der Waals surface area contributed by atoms with Crippen LogP contribution >= 0.6 is 11.6 Å². The highest BCUT2D eigenvalue weighted by Gasteiger charge is 2.32. The molecule has 1 saturated heterocycles. The molecule has 1 amide bonds. The van der Waals surface area contributed by atoms with Crippen LogP contribution in [0.3, 0.4) is 0 Å². The summed E-state index contributed by atoms with van der Waals surface area (Å²) in [7, 11) is 0. The van der Waals surface area contributed by atoms with Crippen molar-refractivity contribution in [3.8, 4) is 11.1 Å². The number of hydrogen-bond acceptors (Lipinski definition) is 4. The van der Waals surface area contributed by atoms with Gasteiger partial charge in [0.05, 0.1) is 11.7 Å². The van der Waals surface area contributed by atoms with Crippen LogP contribution in [0.25, 0.3) is 11.1 Å². The summed E-state index contributed by atoms with van der Waals surface area (Å²) in [5.41, 5.74) is 9.75. The summed E-state index contributed by atoms with van der Waals surface area (Å²) in [6.07, 6.45) is 4.78. The SMILES string of the molecule is Nc1ncc(-c2ccc(Cl)cc2)c(C2CCCN2C(=O)CCc2ccccc2)n1. The number of aryl methyl sites for hydroxylation is 1. The molecule has 5 nitrogen and oxygen atoms in total. The Hall–Kier alpha value is -2.92. The average molecular weight is 407 g/mol. The second-order valence-corrected chi connectivity index (χ2v) is 7.70. The molecule has 2 heterocycles. The third-order valence-corrected chi connectivity index (χ3v) is 5.60. The summed E-state index contributed by atoms with van der Waals surface area (Å²) in [5, 5.41) is 0.672. The number of halogens is 1. The van der Waals surface area contributed by atoms with Crippen molar-refractivity contribution in [2.24, 2.45) is 0 Å². The van der Waals surface area contributed by atoms with Crippen LogP contribution in [0.5, 0.6) is 0 Å². The van der Waals surface area contributed by atoms with E-state index in [1.807, 2.05) is 47.4 Å². The molecule has 0 radical (unpaired) electrons. The first-order chi connectivity index (χ1) is 14.1. The number of anilines is 1. The highest BCUT2D eigenvalue weighted by molar-refractivity contribution is 6.30. The van der Waals surface area contributed by atoms with E-state index in [0.29, 0.717) is 11.4 Å². The van der Waals surface area contributed by atoms with Gasteiger partial charge in [0.25, 0.3) is 0 Å². The van der Waals surface area contributed by atoms with Gasteiger partial charge >= 0.3 is 0 Å². The molecular weight excluding hydrogens is 384 g/mol. The molecule has 0 bridgehead atoms. The quantitative estimate of drug-likeness (QED) is 0.667. The van der Waals surface area contributed by atoms with E-state index in [2.05, 4.69) is 22.1 Å². The van der Waals surface area contributed by atoms with Crippen LogP contribution in [0.1, 0.15) is 36.6 Å².